The first-order valence-electron chi connectivity index (χ1n) is 14.9. The van der Waals surface area contributed by atoms with Gasteiger partial charge < -0.3 is 14.7 Å². The average Bonchev–Trinajstić information content (AvgIpc) is 2.97. The highest BCUT2D eigenvalue weighted by Gasteiger charge is 2.15. The van der Waals surface area contributed by atoms with Crippen molar-refractivity contribution in [1.82, 2.24) is 4.90 Å². The molecule has 2 N–H and O–H groups in total. The first kappa shape index (κ1) is 34.3. The molecule has 6 nitrogen and oxygen atoms in total. The predicted octanol–water partition coefficient (Wildman–Crippen LogP) is 8.09. The number of carboxylic acids is 1. The average molecular weight is 573 g/mol. The van der Waals surface area contributed by atoms with Crippen molar-refractivity contribution in [2.24, 2.45) is 0 Å². The smallest absolute Gasteiger partial charge is 0.307 e. The normalized spacial score (nSPS) is 10.8. The summed E-state index contributed by atoms with van der Waals surface area (Å²) in [7, 11) is 1.53. The Balaban J connectivity index is 0.000000428. The second kappa shape index (κ2) is 16.5. The van der Waals surface area contributed by atoms with Gasteiger partial charge in [0.1, 0.15) is 11.6 Å². The summed E-state index contributed by atoms with van der Waals surface area (Å²) in [5.41, 5.74) is 6.84. The fourth-order valence-electron chi connectivity index (χ4n) is 4.71. The summed E-state index contributed by atoms with van der Waals surface area (Å²) >= 11 is 0. The Bertz CT molecular complexity index is 1320. The largest absolute Gasteiger partial charge is 0.496 e. The zero-order valence-corrected chi connectivity index (χ0v) is 26.4. The van der Waals surface area contributed by atoms with Crippen molar-refractivity contribution in [3.63, 3.8) is 0 Å². The van der Waals surface area contributed by atoms with Crippen LogP contribution in [0.25, 0.3) is 11.1 Å². The number of rotatable bonds is 11. The predicted molar refractivity (Wildman–Crippen MR) is 173 cm³/mol. The Morgan fingerprint density at radius 2 is 1.57 bits per heavy atom. The van der Waals surface area contributed by atoms with Crippen LogP contribution in [-0.2, 0) is 34.3 Å². The molecule has 0 atom stereocenters. The highest BCUT2D eigenvalue weighted by molar-refractivity contribution is 5.96. The molecule has 0 unspecified atom stereocenters. The summed E-state index contributed by atoms with van der Waals surface area (Å²) in [6.07, 6.45) is 3.57. The Hall–Kier alpha value is -3.93. The monoisotopic (exact) mass is 572 g/mol. The van der Waals surface area contributed by atoms with Crippen molar-refractivity contribution in [3.8, 4) is 16.9 Å². The number of carbonyl (C=O) groups is 2. The first-order chi connectivity index (χ1) is 19.9. The molecular formula is C36H48N2O4. The van der Waals surface area contributed by atoms with Crippen LogP contribution in [0, 0.1) is 5.41 Å². The second-order valence-electron chi connectivity index (χ2n) is 11.4. The van der Waals surface area contributed by atoms with Crippen LogP contribution in [0.3, 0.4) is 0 Å². The molecule has 3 rings (SSSR count). The van der Waals surface area contributed by atoms with Crippen molar-refractivity contribution in [2.45, 2.75) is 85.5 Å². The van der Waals surface area contributed by atoms with Gasteiger partial charge in [0, 0.05) is 24.9 Å². The zero-order chi connectivity index (χ0) is 31.3. The molecule has 0 spiro atoms. The summed E-state index contributed by atoms with van der Waals surface area (Å²) in [4.78, 5) is 24.6. The highest BCUT2D eigenvalue weighted by atomic mass is 16.5. The van der Waals surface area contributed by atoms with Crippen molar-refractivity contribution in [2.75, 3.05) is 13.7 Å². The van der Waals surface area contributed by atoms with Gasteiger partial charge in [-0.25, -0.2) is 0 Å². The van der Waals surface area contributed by atoms with E-state index in [4.69, 9.17) is 15.3 Å². The molecular weight excluding hydrogens is 524 g/mol. The number of carboxylic acid groups (broad SMARTS) is 1. The van der Waals surface area contributed by atoms with Crippen LogP contribution in [0.5, 0.6) is 5.75 Å². The third-order valence-corrected chi connectivity index (χ3v) is 7.24. The highest BCUT2D eigenvalue weighted by Crippen LogP contribution is 2.28. The number of hydrogen-bond donors (Lipinski definition) is 2. The first-order valence-corrected chi connectivity index (χ1v) is 14.9. The molecule has 1 amide bonds. The SMILES string of the molecule is CCC(=O)N(CC)C(=N)CCCc1cccc(-c2ccc(OC)c(CC(=O)O)c2)c1.CCc1ccc(C(C)(C)C)cc1. The number of amidine groups is 1. The molecule has 0 aliphatic rings. The van der Waals surface area contributed by atoms with Crippen LogP contribution < -0.4 is 4.74 Å². The molecule has 42 heavy (non-hydrogen) atoms. The molecule has 0 aromatic heterocycles. The minimum absolute atomic E-state index is 0.0128. The van der Waals surface area contributed by atoms with E-state index in [0.29, 0.717) is 36.5 Å². The van der Waals surface area contributed by atoms with Gasteiger partial charge >= 0.3 is 5.97 Å². The van der Waals surface area contributed by atoms with Crippen molar-refractivity contribution in [3.05, 3.63) is 89.0 Å². The molecule has 226 valence electrons. The number of aliphatic carboxylic acids is 1. The molecule has 3 aromatic carbocycles. The Labute approximate surface area is 252 Å². The van der Waals surface area contributed by atoms with E-state index in [1.54, 1.807) is 6.07 Å². The molecule has 0 aliphatic heterocycles. The standard InChI is InChI=1S/C24H30N2O4.C12H18/c1-4-23(27)26(5-2)22(25)11-7-9-17-8-6-10-18(14-17)19-12-13-21(30-3)20(15-19)16-24(28)29;1-5-10-6-8-11(9-7-10)12(2,3)4/h6,8,10,12-15,25H,4-5,7,9,11,16H2,1-3H3,(H,28,29);6-9H,5H2,1-4H3. The fourth-order valence-corrected chi connectivity index (χ4v) is 4.71. The number of benzene rings is 3. The van der Waals surface area contributed by atoms with Crippen molar-refractivity contribution in [1.29, 1.82) is 5.41 Å². The van der Waals surface area contributed by atoms with E-state index < -0.39 is 5.97 Å². The van der Waals surface area contributed by atoms with Gasteiger partial charge in [0.05, 0.1) is 13.5 Å². The molecule has 0 heterocycles. The van der Waals surface area contributed by atoms with Gasteiger partial charge in [-0.2, -0.15) is 0 Å². The third kappa shape index (κ3) is 10.5. The topological polar surface area (TPSA) is 90.7 Å². The lowest BCUT2D eigenvalue weighted by molar-refractivity contribution is -0.136. The maximum atomic E-state index is 11.9. The number of nitrogens with zero attached hydrogens (tertiary/aromatic N) is 1. The van der Waals surface area contributed by atoms with Gasteiger partial charge in [-0.1, -0.05) is 89.2 Å². The van der Waals surface area contributed by atoms with E-state index in [-0.39, 0.29) is 17.7 Å². The van der Waals surface area contributed by atoms with Gasteiger partial charge in [-0.15, -0.1) is 0 Å². The molecule has 6 heteroatoms. The van der Waals surface area contributed by atoms with E-state index >= 15 is 0 Å². The zero-order valence-electron chi connectivity index (χ0n) is 26.4. The summed E-state index contributed by atoms with van der Waals surface area (Å²) in [6, 6.07) is 22.6. The summed E-state index contributed by atoms with van der Waals surface area (Å²) < 4.78 is 5.28. The number of methoxy groups -OCH3 is 1. The quantitative estimate of drug-likeness (QED) is 0.179. The number of ether oxygens (including phenoxy) is 1. The lowest BCUT2D eigenvalue weighted by Crippen LogP contribution is -2.35. The number of nitrogens with one attached hydrogen (secondary N) is 1. The van der Waals surface area contributed by atoms with Gasteiger partial charge in [0.25, 0.3) is 0 Å². The van der Waals surface area contributed by atoms with Crippen molar-refractivity contribution < 1.29 is 19.4 Å². The van der Waals surface area contributed by atoms with E-state index in [9.17, 15) is 9.59 Å². The summed E-state index contributed by atoms with van der Waals surface area (Å²) in [5.74, 6) is 0.0254. The minimum atomic E-state index is -0.899. The number of carbonyl (C=O) groups excluding carboxylic acids is 1. The second-order valence-corrected chi connectivity index (χ2v) is 11.4. The molecule has 0 fully saturated rings. The number of amides is 1. The van der Waals surface area contributed by atoms with Crippen LogP contribution in [0.4, 0.5) is 0 Å². The van der Waals surface area contributed by atoms with Gasteiger partial charge in [-0.05, 0) is 71.6 Å². The Morgan fingerprint density at radius 1 is 0.905 bits per heavy atom. The van der Waals surface area contributed by atoms with Crippen LogP contribution in [-0.4, -0.2) is 41.4 Å². The third-order valence-electron chi connectivity index (χ3n) is 7.24. The molecule has 0 bridgehead atoms. The molecule has 0 aliphatic carbocycles. The minimum Gasteiger partial charge on any atom is -0.496 e. The van der Waals surface area contributed by atoms with Crippen molar-refractivity contribution >= 4 is 17.7 Å². The number of aryl methyl sites for hydroxylation is 2. The Kier molecular flexibility index (Phi) is 13.5. The van der Waals surface area contributed by atoms with Gasteiger partial charge in [0.2, 0.25) is 5.91 Å². The van der Waals surface area contributed by atoms with E-state index in [1.165, 1.54) is 23.1 Å². The fraction of sp³-hybridized carbons (Fsp3) is 0.417. The Morgan fingerprint density at radius 3 is 2.12 bits per heavy atom. The summed E-state index contributed by atoms with van der Waals surface area (Å²) in [5, 5.41) is 17.3. The molecule has 3 aromatic rings. The molecule has 0 saturated carbocycles. The maximum absolute atomic E-state index is 11.9. The van der Waals surface area contributed by atoms with Crippen LogP contribution >= 0.6 is 0 Å². The van der Waals surface area contributed by atoms with E-state index in [0.717, 1.165) is 36.0 Å². The van der Waals surface area contributed by atoms with Crippen LogP contribution in [0.15, 0.2) is 66.7 Å². The summed E-state index contributed by atoms with van der Waals surface area (Å²) in [6.45, 7) is 13.1. The lowest BCUT2D eigenvalue weighted by Gasteiger charge is -2.21. The van der Waals surface area contributed by atoms with Gasteiger partial charge in [0.15, 0.2) is 0 Å². The number of hydrogen-bond acceptors (Lipinski definition) is 4. The lowest BCUT2D eigenvalue weighted by atomic mass is 9.86. The molecule has 0 saturated heterocycles. The van der Waals surface area contributed by atoms with E-state index in [1.807, 2.05) is 44.2 Å². The maximum Gasteiger partial charge on any atom is 0.307 e. The molecule has 0 radical (unpaired) electrons. The van der Waals surface area contributed by atoms with E-state index in [2.05, 4.69) is 58.0 Å². The van der Waals surface area contributed by atoms with Crippen LogP contribution in [0.1, 0.15) is 83.1 Å². The van der Waals surface area contributed by atoms with Crippen LogP contribution in [0.2, 0.25) is 0 Å². The van der Waals surface area contributed by atoms with Gasteiger partial charge in [-0.3, -0.25) is 15.0 Å².